The molecule has 4 heteroatoms. The minimum Gasteiger partial charge on any atom is -0.389 e. The molecule has 1 heterocycles. The first-order chi connectivity index (χ1) is 7.18. The number of aliphatic hydroxyl groups excluding tert-OH is 1. The molecule has 0 aliphatic carbocycles. The summed E-state index contributed by atoms with van der Waals surface area (Å²) >= 11 is 0. The summed E-state index contributed by atoms with van der Waals surface area (Å²) in [4.78, 5) is 13.9. The number of nitrogens with one attached hydrogen (secondary N) is 1. The van der Waals surface area contributed by atoms with Crippen molar-refractivity contribution in [2.75, 3.05) is 0 Å². The number of imidazole rings is 1. The molecule has 0 amide bonds. The standard InChI is InChI=1S/C11H12N2O2/c1-8(14)9-2-4-10(5-3-9)13-7-6-12-11(13)15/h2-8,14H,1H3,(H,12,15). The number of hydrogen-bond donors (Lipinski definition) is 2. The zero-order valence-electron chi connectivity index (χ0n) is 8.34. The Kier molecular flexibility index (Phi) is 2.43. The van der Waals surface area contributed by atoms with Crippen LogP contribution in [0.3, 0.4) is 0 Å². The molecule has 1 aromatic heterocycles. The molecule has 0 saturated heterocycles. The minimum absolute atomic E-state index is 0.167. The van der Waals surface area contributed by atoms with E-state index in [2.05, 4.69) is 4.98 Å². The summed E-state index contributed by atoms with van der Waals surface area (Å²) in [6.45, 7) is 1.71. The van der Waals surface area contributed by atoms with Crippen molar-refractivity contribution in [3.8, 4) is 5.69 Å². The highest BCUT2D eigenvalue weighted by Gasteiger charge is 2.02. The van der Waals surface area contributed by atoms with Gasteiger partial charge >= 0.3 is 5.69 Å². The summed E-state index contributed by atoms with van der Waals surface area (Å²) in [7, 11) is 0. The second-order valence-corrected chi connectivity index (χ2v) is 3.40. The molecule has 1 unspecified atom stereocenters. The number of aliphatic hydroxyl groups is 1. The second-order valence-electron chi connectivity index (χ2n) is 3.40. The van der Waals surface area contributed by atoms with Crippen LogP contribution in [0.1, 0.15) is 18.6 Å². The van der Waals surface area contributed by atoms with Gasteiger partial charge in [-0.25, -0.2) is 4.79 Å². The van der Waals surface area contributed by atoms with E-state index in [9.17, 15) is 9.90 Å². The van der Waals surface area contributed by atoms with Gasteiger partial charge in [0.1, 0.15) is 0 Å². The number of H-pyrrole nitrogens is 1. The summed E-state index contributed by atoms with van der Waals surface area (Å²) in [5.41, 5.74) is 1.45. The van der Waals surface area contributed by atoms with E-state index in [0.29, 0.717) is 0 Å². The maximum atomic E-state index is 11.3. The van der Waals surface area contributed by atoms with Gasteiger partial charge in [0, 0.05) is 12.4 Å². The fourth-order valence-corrected chi connectivity index (χ4v) is 1.44. The molecule has 1 aromatic carbocycles. The first kappa shape index (κ1) is 9.73. The van der Waals surface area contributed by atoms with Crippen LogP contribution in [-0.2, 0) is 0 Å². The molecule has 0 spiro atoms. The smallest absolute Gasteiger partial charge is 0.330 e. The molecule has 4 nitrogen and oxygen atoms in total. The molecule has 0 aliphatic heterocycles. The fraction of sp³-hybridized carbons (Fsp3) is 0.182. The van der Waals surface area contributed by atoms with Crippen molar-refractivity contribution in [1.82, 2.24) is 9.55 Å². The molecular formula is C11H12N2O2. The Hall–Kier alpha value is -1.81. The normalized spacial score (nSPS) is 12.7. The number of aromatic nitrogens is 2. The van der Waals surface area contributed by atoms with Crippen molar-refractivity contribution in [1.29, 1.82) is 0 Å². The van der Waals surface area contributed by atoms with Crippen LogP contribution in [0.5, 0.6) is 0 Å². The maximum absolute atomic E-state index is 11.3. The Labute approximate surface area is 86.8 Å². The van der Waals surface area contributed by atoms with Crippen molar-refractivity contribution in [3.63, 3.8) is 0 Å². The largest absolute Gasteiger partial charge is 0.389 e. The number of rotatable bonds is 2. The van der Waals surface area contributed by atoms with Gasteiger partial charge in [-0.05, 0) is 24.6 Å². The summed E-state index contributed by atoms with van der Waals surface area (Å²) < 4.78 is 1.51. The molecule has 15 heavy (non-hydrogen) atoms. The maximum Gasteiger partial charge on any atom is 0.330 e. The Morgan fingerprint density at radius 2 is 2.00 bits per heavy atom. The van der Waals surface area contributed by atoms with E-state index in [1.165, 1.54) is 4.57 Å². The van der Waals surface area contributed by atoms with Crippen LogP contribution in [0.15, 0.2) is 41.5 Å². The predicted molar refractivity (Wildman–Crippen MR) is 57.0 cm³/mol. The topological polar surface area (TPSA) is 58.0 Å². The Bertz CT molecular complexity index is 494. The van der Waals surface area contributed by atoms with Crippen molar-refractivity contribution in [2.45, 2.75) is 13.0 Å². The summed E-state index contributed by atoms with van der Waals surface area (Å²) in [5.74, 6) is 0. The molecule has 2 N–H and O–H groups in total. The highest BCUT2D eigenvalue weighted by molar-refractivity contribution is 5.35. The van der Waals surface area contributed by atoms with E-state index < -0.39 is 6.10 Å². The molecule has 0 fully saturated rings. The van der Waals surface area contributed by atoms with Gasteiger partial charge in [0.25, 0.3) is 0 Å². The van der Waals surface area contributed by atoms with Crippen molar-refractivity contribution in [2.24, 2.45) is 0 Å². The molecule has 2 rings (SSSR count). The van der Waals surface area contributed by atoms with E-state index in [-0.39, 0.29) is 5.69 Å². The Morgan fingerprint density at radius 1 is 1.33 bits per heavy atom. The molecule has 78 valence electrons. The predicted octanol–water partition coefficient (Wildman–Crippen LogP) is 1.22. The first-order valence-corrected chi connectivity index (χ1v) is 4.73. The Balaban J connectivity index is 2.40. The van der Waals surface area contributed by atoms with Gasteiger partial charge in [-0.15, -0.1) is 0 Å². The second kappa shape index (κ2) is 3.74. The van der Waals surface area contributed by atoms with Gasteiger partial charge in [-0.2, -0.15) is 0 Å². The van der Waals surface area contributed by atoms with Crippen molar-refractivity contribution in [3.05, 3.63) is 52.7 Å². The van der Waals surface area contributed by atoms with Crippen molar-refractivity contribution >= 4 is 0 Å². The lowest BCUT2D eigenvalue weighted by Crippen LogP contribution is -2.13. The highest BCUT2D eigenvalue weighted by Crippen LogP contribution is 2.14. The molecule has 0 aliphatic rings. The van der Waals surface area contributed by atoms with Gasteiger partial charge in [0.05, 0.1) is 11.8 Å². The summed E-state index contributed by atoms with van der Waals surface area (Å²) in [6.07, 6.45) is 2.77. The van der Waals surface area contributed by atoms with E-state index in [1.54, 1.807) is 43.6 Å². The quantitative estimate of drug-likeness (QED) is 0.772. The number of aromatic amines is 1. The number of benzene rings is 1. The van der Waals surface area contributed by atoms with E-state index >= 15 is 0 Å². The lowest BCUT2D eigenvalue weighted by atomic mass is 10.1. The zero-order valence-corrected chi connectivity index (χ0v) is 8.34. The first-order valence-electron chi connectivity index (χ1n) is 4.73. The molecule has 2 aromatic rings. The van der Waals surface area contributed by atoms with Crippen LogP contribution in [0.4, 0.5) is 0 Å². The van der Waals surface area contributed by atoms with Crippen LogP contribution >= 0.6 is 0 Å². The monoisotopic (exact) mass is 204 g/mol. The summed E-state index contributed by atoms with van der Waals surface area (Å²) in [5, 5.41) is 9.33. The zero-order chi connectivity index (χ0) is 10.8. The minimum atomic E-state index is -0.484. The fourth-order valence-electron chi connectivity index (χ4n) is 1.44. The van der Waals surface area contributed by atoms with Crippen molar-refractivity contribution < 1.29 is 5.11 Å². The third kappa shape index (κ3) is 1.85. The van der Waals surface area contributed by atoms with Crippen LogP contribution < -0.4 is 5.69 Å². The SMILES string of the molecule is CC(O)c1ccc(-n2cc[nH]c2=O)cc1. The van der Waals surface area contributed by atoms with Gasteiger partial charge in [-0.3, -0.25) is 4.57 Å². The molecule has 1 atom stereocenters. The van der Waals surface area contributed by atoms with Crippen LogP contribution in [0.25, 0.3) is 5.69 Å². The molecule has 0 saturated carbocycles. The third-order valence-electron chi connectivity index (χ3n) is 2.30. The van der Waals surface area contributed by atoms with Gasteiger partial charge in [0.2, 0.25) is 0 Å². The molecular weight excluding hydrogens is 192 g/mol. The number of nitrogens with zero attached hydrogens (tertiary/aromatic N) is 1. The highest BCUT2D eigenvalue weighted by atomic mass is 16.3. The number of hydrogen-bond acceptors (Lipinski definition) is 2. The van der Waals surface area contributed by atoms with E-state index in [0.717, 1.165) is 11.3 Å². The molecule has 0 radical (unpaired) electrons. The van der Waals surface area contributed by atoms with Gasteiger partial charge in [-0.1, -0.05) is 12.1 Å². The van der Waals surface area contributed by atoms with Crippen LogP contribution in [-0.4, -0.2) is 14.7 Å². The average Bonchev–Trinajstić information content (AvgIpc) is 2.65. The lowest BCUT2D eigenvalue weighted by Gasteiger charge is -2.05. The van der Waals surface area contributed by atoms with Gasteiger partial charge < -0.3 is 10.1 Å². The lowest BCUT2D eigenvalue weighted by molar-refractivity contribution is 0.199. The molecule has 0 bridgehead atoms. The summed E-state index contributed by atoms with van der Waals surface area (Å²) in [6, 6.07) is 7.22. The average molecular weight is 204 g/mol. The van der Waals surface area contributed by atoms with Crippen LogP contribution in [0.2, 0.25) is 0 Å². The van der Waals surface area contributed by atoms with E-state index in [1.807, 2.05) is 0 Å². The van der Waals surface area contributed by atoms with E-state index in [4.69, 9.17) is 0 Å². The third-order valence-corrected chi connectivity index (χ3v) is 2.30. The van der Waals surface area contributed by atoms with Gasteiger partial charge in [0.15, 0.2) is 0 Å². The Morgan fingerprint density at radius 3 is 2.47 bits per heavy atom. The van der Waals surface area contributed by atoms with Crippen LogP contribution in [0, 0.1) is 0 Å².